The fraction of sp³-hybridized carbons (Fsp3) is 0. The van der Waals surface area contributed by atoms with Gasteiger partial charge >= 0.3 is 0 Å². The van der Waals surface area contributed by atoms with Crippen molar-refractivity contribution in [1.29, 1.82) is 0 Å². The van der Waals surface area contributed by atoms with E-state index in [2.05, 4.69) is 62.1 Å². The van der Waals surface area contributed by atoms with Gasteiger partial charge < -0.3 is 0 Å². The van der Waals surface area contributed by atoms with E-state index in [0.29, 0.717) is 0 Å². The molecule has 0 spiro atoms. The summed E-state index contributed by atoms with van der Waals surface area (Å²) < 4.78 is 0. The third kappa shape index (κ3) is 1.87. The van der Waals surface area contributed by atoms with Crippen molar-refractivity contribution < 1.29 is 0 Å². The lowest BCUT2D eigenvalue weighted by atomic mass is 9.89. The van der Waals surface area contributed by atoms with Crippen LogP contribution in [-0.2, 0) is 0 Å². The second-order valence-electron chi connectivity index (χ2n) is 3.55. The SMILES string of the molecule is [CH]1[CH][CH][C](c2cscc2[C]2[CH][CH][CH][CH]2)[CH]1. The summed E-state index contributed by atoms with van der Waals surface area (Å²) in [5.74, 6) is 2.62. The van der Waals surface area contributed by atoms with Gasteiger partial charge in [-0.1, -0.05) is 0 Å². The number of thiophene rings is 1. The average Bonchev–Trinajstić information content (AvgIpc) is 3.01. The van der Waals surface area contributed by atoms with E-state index in [9.17, 15) is 0 Å². The topological polar surface area (TPSA) is 0 Å². The van der Waals surface area contributed by atoms with Gasteiger partial charge in [-0.05, 0) is 73.3 Å². The Hall–Kier alpha value is -0.300. The summed E-state index contributed by atoms with van der Waals surface area (Å²) in [6.07, 6.45) is 17.0. The van der Waals surface area contributed by atoms with Crippen LogP contribution in [0.5, 0.6) is 0 Å². The van der Waals surface area contributed by atoms with Crippen LogP contribution < -0.4 is 0 Å². The lowest BCUT2D eigenvalue weighted by molar-refractivity contribution is 1.21. The van der Waals surface area contributed by atoms with Crippen molar-refractivity contribution in [3.8, 4) is 0 Å². The van der Waals surface area contributed by atoms with Gasteiger partial charge in [0.25, 0.3) is 0 Å². The van der Waals surface area contributed by atoms with Crippen LogP contribution in [0.4, 0.5) is 0 Å². The summed E-state index contributed by atoms with van der Waals surface area (Å²) in [7, 11) is 0. The third-order valence-corrected chi connectivity index (χ3v) is 3.35. The molecule has 0 nitrogen and oxygen atoms in total. The monoisotopic (exact) mass is 210 g/mol. The molecular weight excluding hydrogens is 200 g/mol. The maximum absolute atomic E-state index is 2.22. The molecule has 2 saturated carbocycles. The summed E-state index contributed by atoms with van der Waals surface area (Å²) >= 11 is 1.76. The van der Waals surface area contributed by atoms with Crippen LogP contribution in [0.2, 0.25) is 0 Å². The Bertz CT molecular complexity index is 283. The first-order valence-corrected chi connectivity index (χ1v) is 5.90. The fourth-order valence-corrected chi connectivity index (χ4v) is 2.72. The zero-order valence-corrected chi connectivity index (χ0v) is 9.00. The molecule has 0 amide bonds. The molecule has 1 heterocycles. The van der Waals surface area contributed by atoms with Crippen molar-refractivity contribution in [2.75, 3.05) is 0 Å². The molecule has 2 fully saturated rings. The number of rotatable bonds is 2. The van der Waals surface area contributed by atoms with E-state index >= 15 is 0 Å². The normalized spacial score (nSPS) is 24.0. The number of hydrogen-bond donors (Lipinski definition) is 0. The maximum Gasteiger partial charge on any atom is 0.0135 e. The zero-order valence-electron chi connectivity index (χ0n) is 8.18. The molecule has 15 heavy (non-hydrogen) atoms. The van der Waals surface area contributed by atoms with E-state index < -0.39 is 0 Å². The summed E-state index contributed by atoms with van der Waals surface area (Å²) in [6, 6.07) is 0. The van der Waals surface area contributed by atoms with Gasteiger partial charge in [0, 0.05) is 11.8 Å². The first-order valence-electron chi connectivity index (χ1n) is 4.95. The van der Waals surface area contributed by atoms with E-state index in [-0.39, 0.29) is 0 Å². The molecule has 0 unspecified atom stereocenters. The summed E-state index contributed by atoms with van der Waals surface area (Å²) in [6.45, 7) is 0. The molecule has 2 aliphatic carbocycles. The van der Waals surface area contributed by atoms with Crippen molar-refractivity contribution >= 4 is 11.3 Å². The largest absolute Gasteiger partial charge is 0.152 e. The minimum Gasteiger partial charge on any atom is -0.152 e. The molecule has 0 aromatic carbocycles. The Morgan fingerprint density at radius 3 is 1.40 bits per heavy atom. The van der Waals surface area contributed by atoms with Gasteiger partial charge in [0.2, 0.25) is 0 Å². The van der Waals surface area contributed by atoms with E-state index in [1.807, 2.05) is 0 Å². The van der Waals surface area contributed by atoms with Gasteiger partial charge in [0.1, 0.15) is 0 Å². The molecule has 0 aliphatic heterocycles. The first kappa shape index (κ1) is 9.89. The zero-order chi connectivity index (χ0) is 10.1. The van der Waals surface area contributed by atoms with Crippen LogP contribution in [0, 0.1) is 63.2 Å². The van der Waals surface area contributed by atoms with E-state index in [4.69, 9.17) is 0 Å². The van der Waals surface area contributed by atoms with Crippen LogP contribution in [0.3, 0.4) is 0 Å². The highest BCUT2D eigenvalue weighted by Crippen LogP contribution is 2.40. The summed E-state index contributed by atoms with van der Waals surface area (Å²) in [5.41, 5.74) is 2.69. The molecule has 1 aromatic rings. The predicted molar refractivity (Wildman–Crippen MR) is 63.4 cm³/mol. The van der Waals surface area contributed by atoms with Crippen molar-refractivity contribution in [1.82, 2.24) is 0 Å². The van der Waals surface area contributed by atoms with Gasteiger partial charge in [-0.3, -0.25) is 0 Å². The molecule has 2 aliphatic rings. The maximum atomic E-state index is 2.22. The van der Waals surface area contributed by atoms with Crippen molar-refractivity contribution in [3.63, 3.8) is 0 Å². The van der Waals surface area contributed by atoms with E-state index in [1.54, 1.807) is 11.3 Å². The highest BCUT2D eigenvalue weighted by molar-refractivity contribution is 7.08. The van der Waals surface area contributed by atoms with Gasteiger partial charge in [-0.25, -0.2) is 0 Å². The van der Waals surface area contributed by atoms with Crippen LogP contribution in [0.1, 0.15) is 11.1 Å². The molecule has 0 N–H and O–H groups in total. The van der Waals surface area contributed by atoms with Crippen molar-refractivity contribution in [2.45, 2.75) is 0 Å². The van der Waals surface area contributed by atoms with Crippen molar-refractivity contribution in [3.05, 3.63) is 85.1 Å². The lowest BCUT2D eigenvalue weighted by Gasteiger charge is -2.13. The fourth-order valence-electron chi connectivity index (χ4n) is 1.85. The van der Waals surface area contributed by atoms with Gasteiger partial charge in [-0.15, -0.1) is 0 Å². The molecule has 1 aromatic heterocycles. The van der Waals surface area contributed by atoms with Crippen LogP contribution in [0.15, 0.2) is 10.8 Å². The Morgan fingerprint density at radius 2 is 1.00 bits per heavy atom. The van der Waals surface area contributed by atoms with Crippen LogP contribution in [0.25, 0.3) is 0 Å². The molecule has 72 valence electrons. The quantitative estimate of drug-likeness (QED) is 0.703. The Kier molecular flexibility index (Phi) is 2.83. The van der Waals surface area contributed by atoms with E-state index in [1.165, 1.54) is 23.0 Å². The molecule has 0 bridgehead atoms. The van der Waals surface area contributed by atoms with E-state index in [0.717, 1.165) is 0 Å². The minimum absolute atomic E-state index is 1.31. The molecule has 1 heteroatoms. The highest BCUT2D eigenvalue weighted by Gasteiger charge is 2.27. The molecular formula is C14H10S. The van der Waals surface area contributed by atoms with Gasteiger partial charge in [0.15, 0.2) is 0 Å². The van der Waals surface area contributed by atoms with Crippen LogP contribution in [-0.4, -0.2) is 0 Å². The minimum atomic E-state index is 1.31. The second kappa shape index (κ2) is 4.29. The van der Waals surface area contributed by atoms with Crippen LogP contribution >= 0.6 is 11.3 Å². The predicted octanol–water partition coefficient (Wildman–Crippen LogP) is 3.25. The average molecular weight is 210 g/mol. The van der Waals surface area contributed by atoms with Gasteiger partial charge in [-0.2, -0.15) is 11.3 Å². The van der Waals surface area contributed by atoms with Crippen molar-refractivity contribution in [2.24, 2.45) is 0 Å². The highest BCUT2D eigenvalue weighted by atomic mass is 32.1. The lowest BCUT2D eigenvalue weighted by Crippen LogP contribution is -2.02. The summed E-state index contributed by atoms with van der Waals surface area (Å²) in [4.78, 5) is 0. The number of hydrogen-bond acceptors (Lipinski definition) is 1. The third-order valence-electron chi connectivity index (χ3n) is 2.61. The Labute approximate surface area is 96.7 Å². The smallest absolute Gasteiger partial charge is 0.0135 e. The standard InChI is InChI=1S/C14H10S/c1-2-6-11(5-1)13-9-15-10-14(13)12-7-3-4-8-12/h1-10H. The van der Waals surface area contributed by atoms with Gasteiger partial charge in [0.05, 0.1) is 0 Å². The second-order valence-corrected chi connectivity index (χ2v) is 4.29. The Balaban J connectivity index is 1.84. The molecule has 0 atom stereocenters. The molecule has 10 radical (unpaired) electrons. The summed E-state index contributed by atoms with van der Waals surface area (Å²) in [5, 5.41) is 4.44. The Morgan fingerprint density at radius 1 is 0.600 bits per heavy atom. The first-order chi connectivity index (χ1) is 7.45. The molecule has 3 rings (SSSR count). The molecule has 0 saturated heterocycles.